The van der Waals surface area contributed by atoms with Crippen LogP contribution in [0.4, 0.5) is 5.69 Å². The lowest BCUT2D eigenvalue weighted by molar-refractivity contribution is 1.07. The molecule has 0 aliphatic heterocycles. The summed E-state index contributed by atoms with van der Waals surface area (Å²) >= 11 is 1.61. The lowest BCUT2D eigenvalue weighted by atomic mass is 10.2. The van der Waals surface area contributed by atoms with Gasteiger partial charge in [-0.1, -0.05) is 29.5 Å². The molecule has 0 bridgehead atoms. The Morgan fingerprint density at radius 2 is 1.94 bits per heavy atom. The molecule has 16 heavy (non-hydrogen) atoms. The van der Waals surface area contributed by atoms with E-state index in [-0.39, 0.29) is 0 Å². The Kier molecular flexibility index (Phi) is 3.15. The Morgan fingerprint density at radius 3 is 2.69 bits per heavy atom. The minimum atomic E-state index is 0.733. The van der Waals surface area contributed by atoms with Gasteiger partial charge in [-0.2, -0.15) is 0 Å². The van der Waals surface area contributed by atoms with E-state index in [9.17, 15) is 0 Å². The Morgan fingerprint density at radius 1 is 1.12 bits per heavy atom. The molecule has 0 atom stereocenters. The van der Waals surface area contributed by atoms with Crippen molar-refractivity contribution in [3.8, 4) is 0 Å². The van der Waals surface area contributed by atoms with Crippen LogP contribution in [0, 0.1) is 13.8 Å². The third-order valence-electron chi connectivity index (χ3n) is 2.23. The van der Waals surface area contributed by atoms with E-state index in [4.69, 9.17) is 5.73 Å². The molecule has 0 saturated heterocycles. The van der Waals surface area contributed by atoms with Crippen LogP contribution < -0.4 is 5.73 Å². The highest BCUT2D eigenvalue weighted by Crippen LogP contribution is 2.30. The summed E-state index contributed by atoms with van der Waals surface area (Å²) in [7, 11) is 0. The first kappa shape index (κ1) is 11.0. The molecule has 0 saturated carbocycles. The predicted molar refractivity (Wildman–Crippen MR) is 68.7 cm³/mol. The predicted octanol–water partition coefficient (Wildman–Crippen LogP) is 3.43. The Balaban J connectivity index is 2.30. The third-order valence-corrected chi connectivity index (χ3v) is 3.24. The van der Waals surface area contributed by atoms with Gasteiger partial charge in [-0.3, -0.25) is 0 Å². The SMILES string of the molecule is Cc1cccc(Sc2nc(C)ccc2N)c1. The van der Waals surface area contributed by atoms with E-state index in [1.54, 1.807) is 11.8 Å². The maximum Gasteiger partial charge on any atom is 0.124 e. The van der Waals surface area contributed by atoms with Gasteiger partial charge in [0.1, 0.15) is 5.03 Å². The number of rotatable bonds is 2. The minimum absolute atomic E-state index is 0.733. The molecule has 82 valence electrons. The van der Waals surface area contributed by atoms with Gasteiger partial charge in [0.2, 0.25) is 0 Å². The molecule has 3 heteroatoms. The largest absolute Gasteiger partial charge is 0.397 e. The lowest BCUT2D eigenvalue weighted by Gasteiger charge is -2.05. The summed E-state index contributed by atoms with van der Waals surface area (Å²) in [5, 5.41) is 0.880. The Labute approximate surface area is 99.9 Å². The average molecular weight is 230 g/mol. The van der Waals surface area contributed by atoms with Crippen molar-refractivity contribution in [1.82, 2.24) is 4.98 Å². The zero-order valence-corrected chi connectivity index (χ0v) is 10.2. The van der Waals surface area contributed by atoms with Crippen molar-refractivity contribution in [3.05, 3.63) is 47.7 Å². The number of aromatic nitrogens is 1. The number of nitrogens with zero attached hydrogens (tertiary/aromatic N) is 1. The van der Waals surface area contributed by atoms with Crippen LogP contribution in [0.2, 0.25) is 0 Å². The molecule has 0 aliphatic carbocycles. The smallest absolute Gasteiger partial charge is 0.124 e. The maximum absolute atomic E-state index is 5.89. The fraction of sp³-hybridized carbons (Fsp3) is 0.154. The summed E-state index contributed by atoms with van der Waals surface area (Å²) < 4.78 is 0. The van der Waals surface area contributed by atoms with Gasteiger partial charge >= 0.3 is 0 Å². The van der Waals surface area contributed by atoms with Crippen molar-refractivity contribution in [1.29, 1.82) is 0 Å². The molecule has 0 amide bonds. The molecule has 1 aromatic heterocycles. The van der Waals surface area contributed by atoms with E-state index >= 15 is 0 Å². The highest BCUT2D eigenvalue weighted by molar-refractivity contribution is 7.99. The van der Waals surface area contributed by atoms with Gasteiger partial charge in [-0.25, -0.2) is 4.98 Å². The van der Waals surface area contributed by atoms with Crippen LogP contribution in [0.25, 0.3) is 0 Å². The van der Waals surface area contributed by atoms with E-state index in [2.05, 4.69) is 30.1 Å². The normalized spacial score (nSPS) is 10.4. The van der Waals surface area contributed by atoms with Gasteiger partial charge in [0, 0.05) is 10.6 Å². The molecule has 1 aromatic carbocycles. The molecule has 2 aromatic rings. The molecule has 0 spiro atoms. The van der Waals surface area contributed by atoms with Crippen molar-refractivity contribution in [2.45, 2.75) is 23.8 Å². The number of benzene rings is 1. The highest BCUT2D eigenvalue weighted by atomic mass is 32.2. The van der Waals surface area contributed by atoms with Crippen LogP contribution in [-0.2, 0) is 0 Å². The summed E-state index contributed by atoms with van der Waals surface area (Å²) in [4.78, 5) is 5.61. The number of hydrogen-bond donors (Lipinski definition) is 1. The second kappa shape index (κ2) is 4.58. The van der Waals surface area contributed by atoms with Crippen molar-refractivity contribution in [2.24, 2.45) is 0 Å². The molecule has 0 aliphatic rings. The Hall–Kier alpha value is -1.48. The van der Waals surface area contributed by atoms with Crippen molar-refractivity contribution >= 4 is 17.4 Å². The number of nitrogens with two attached hydrogens (primary N) is 1. The summed E-state index contributed by atoms with van der Waals surface area (Å²) in [6.45, 7) is 4.05. The molecule has 0 radical (unpaired) electrons. The first-order valence-electron chi connectivity index (χ1n) is 5.13. The van der Waals surface area contributed by atoms with E-state index in [1.807, 2.05) is 25.1 Å². The highest BCUT2D eigenvalue weighted by Gasteiger charge is 2.03. The number of aryl methyl sites for hydroxylation is 2. The fourth-order valence-electron chi connectivity index (χ4n) is 1.42. The standard InChI is InChI=1S/C13H14N2S/c1-9-4-3-5-11(8-9)16-13-12(14)7-6-10(2)15-13/h3-8H,14H2,1-2H3. The topological polar surface area (TPSA) is 38.9 Å². The molecular formula is C13H14N2S. The van der Waals surface area contributed by atoms with Crippen molar-refractivity contribution in [2.75, 3.05) is 5.73 Å². The van der Waals surface area contributed by atoms with Gasteiger partial charge < -0.3 is 5.73 Å². The summed E-state index contributed by atoms with van der Waals surface area (Å²) in [5.74, 6) is 0. The lowest BCUT2D eigenvalue weighted by Crippen LogP contribution is -1.93. The number of anilines is 1. The van der Waals surface area contributed by atoms with Crippen LogP contribution >= 0.6 is 11.8 Å². The second-order valence-electron chi connectivity index (χ2n) is 3.77. The van der Waals surface area contributed by atoms with Gasteiger partial charge in [0.05, 0.1) is 5.69 Å². The molecular weight excluding hydrogens is 216 g/mol. The zero-order valence-electron chi connectivity index (χ0n) is 9.40. The summed E-state index contributed by atoms with van der Waals surface area (Å²) in [6, 6.07) is 12.2. The third kappa shape index (κ3) is 2.55. The molecule has 1 heterocycles. The molecule has 2 rings (SSSR count). The van der Waals surface area contributed by atoms with Crippen LogP contribution in [0.3, 0.4) is 0 Å². The van der Waals surface area contributed by atoms with E-state index in [1.165, 1.54) is 10.5 Å². The molecule has 0 unspecified atom stereocenters. The van der Waals surface area contributed by atoms with Crippen molar-refractivity contribution in [3.63, 3.8) is 0 Å². The van der Waals surface area contributed by atoms with E-state index in [0.717, 1.165) is 16.4 Å². The van der Waals surface area contributed by atoms with Gasteiger partial charge in [0.15, 0.2) is 0 Å². The van der Waals surface area contributed by atoms with E-state index in [0.29, 0.717) is 0 Å². The van der Waals surface area contributed by atoms with Crippen LogP contribution in [0.15, 0.2) is 46.3 Å². The first-order valence-corrected chi connectivity index (χ1v) is 5.94. The van der Waals surface area contributed by atoms with Gasteiger partial charge in [-0.05, 0) is 38.1 Å². The summed E-state index contributed by atoms with van der Waals surface area (Å²) in [5.41, 5.74) is 8.86. The Bertz CT molecular complexity index is 509. The monoisotopic (exact) mass is 230 g/mol. The summed E-state index contributed by atoms with van der Waals surface area (Å²) in [6.07, 6.45) is 0. The zero-order chi connectivity index (χ0) is 11.5. The molecule has 0 fully saturated rings. The molecule has 2 N–H and O–H groups in total. The van der Waals surface area contributed by atoms with Crippen molar-refractivity contribution < 1.29 is 0 Å². The van der Waals surface area contributed by atoms with Gasteiger partial charge in [0.25, 0.3) is 0 Å². The first-order chi connectivity index (χ1) is 7.65. The fourth-order valence-corrected chi connectivity index (χ4v) is 2.41. The second-order valence-corrected chi connectivity index (χ2v) is 4.83. The molecule has 2 nitrogen and oxygen atoms in total. The van der Waals surface area contributed by atoms with Crippen LogP contribution in [0.5, 0.6) is 0 Å². The average Bonchev–Trinajstić information content (AvgIpc) is 2.24. The number of pyridine rings is 1. The van der Waals surface area contributed by atoms with Crippen LogP contribution in [-0.4, -0.2) is 4.98 Å². The number of nitrogen functional groups attached to an aromatic ring is 1. The quantitative estimate of drug-likeness (QED) is 0.859. The minimum Gasteiger partial charge on any atom is -0.397 e. The van der Waals surface area contributed by atoms with Gasteiger partial charge in [-0.15, -0.1) is 0 Å². The number of hydrogen-bond acceptors (Lipinski definition) is 3. The van der Waals surface area contributed by atoms with Crippen LogP contribution in [0.1, 0.15) is 11.3 Å². The maximum atomic E-state index is 5.89. The van der Waals surface area contributed by atoms with E-state index < -0.39 is 0 Å².